The second-order valence-corrected chi connectivity index (χ2v) is 5.89. The number of urea groups is 1. The van der Waals surface area contributed by atoms with Crippen molar-refractivity contribution in [2.75, 3.05) is 23.4 Å². The lowest BCUT2D eigenvalue weighted by Gasteiger charge is -2.21. The average molecular weight is 287 g/mol. The predicted molar refractivity (Wildman–Crippen MR) is 75.4 cm³/mol. The van der Waals surface area contributed by atoms with Crippen molar-refractivity contribution in [1.29, 1.82) is 0 Å². The number of aliphatic hydroxyl groups is 1. The largest absolute Gasteiger partial charge is 0.387 e. The third kappa shape index (κ3) is 3.80. The summed E-state index contributed by atoms with van der Waals surface area (Å²) in [7, 11) is 0. The molecule has 1 saturated heterocycles. The normalized spacial score (nSPS) is 22.8. The molecule has 0 bridgehead atoms. The first-order valence-corrected chi connectivity index (χ1v) is 7.21. The molecule has 3 N–H and O–H groups in total. The number of nitrogens with one attached hydrogen (secondary N) is 2. The van der Waals surface area contributed by atoms with Gasteiger partial charge in [0, 0.05) is 23.0 Å². The Hall–Kier alpha value is -0.910. The summed E-state index contributed by atoms with van der Waals surface area (Å²) >= 11 is 7.52. The van der Waals surface area contributed by atoms with E-state index in [1.807, 2.05) is 0 Å². The van der Waals surface area contributed by atoms with Crippen LogP contribution in [0.25, 0.3) is 0 Å². The summed E-state index contributed by atoms with van der Waals surface area (Å²) in [6.07, 6.45) is 0.717. The van der Waals surface area contributed by atoms with Crippen molar-refractivity contribution in [3.63, 3.8) is 0 Å². The quantitative estimate of drug-likeness (QED) is 0.799. The van der Waals surface area contributed by atoms with Crippen LogP contribution in [0.1, 0.15) is 6.42 Å². The van der Waals surface area contributed by atoms with E-state index in [-0.39, 0.29) is 12.6 Å². The Balaban J connectivity index is 1.82. The van der Waals surface area contributed by atoms with Crippen LogP contribution in [-0.2, 0) is 0 Å². The molecule has 1 atom stereocenters. The maximum atomic E-state index is 11.6. The van der Waals surface area contributed by atoms with Crippen LogP contribution in [-0.4, -0.2) is 34.8 Å². The zero-order chi connectivity index (χ0) is 13.0. The molecule has 4 nitrogen and oxygen atoms in total. The van der Waals surface area contributed by atoms with Crippen LogP contribution in [0.2, 0.25) is 5.02 Å². The summed E-state index contributed by atoms with van der Waals surface area (Å²) in [5.41, 5.74) is -0.135. The van der Waals surface area contributed by atoms with Gasteiger partial charge >= 0.3 is 6.03 Å². The second kappa shape index (κ2) is 5.82. The SMILES string of the molecule is O=C(NCC1(O)CCSC1)Nc1cccc(Cl)c1. The van der Waals surface area contributed by atoms with Gasteiger partial charge in [-0.15, -0.1) is 0 Å². The Morgan fingerprint density at radius 1 is 1.56 bits per heavy atom. The monoisotopic (exact) mass is 286 g/mol. The summed E-state index contributed by atoms with van der Waals surface area (Å²) in [5, 5.41) is 16.0. The average Bonchev–Trinajstić information content (AvgIpc) is 2.74. The standard InChI is InChI=1S/C12H15ClN2O2S/c13-9-2-1-3-10(6-9)15-11(16)14-7-12(17)4-5-18-8-12/h1-3,6,17H,4-5,7-8H2,(H2,14,15,16). The van der Waals surface area contributed by atoms with E-state index in [4.69, 9.17) is 11.6 Å². The molecule has 6 heteroatoms. The summed E-state index contributed by atoms with van der Waals surface area (Å²) in [5.74, 6) is 1.61. The van der Waals surface area contributed by atoms with Crippen LogP contribution in [0.5, 0.6) is 0 Å². The maximum Gasteiger partial charge on any atom is 0.319 e. The molecule has 0 saturated carbocycles. The molecule has 1 heterocycles. The minimum Gasteiger partial charge on any atom is -0.387 e. The topological polar surface area (TPSA) is 61.4 Å². The van der Waals surface area contributed by atoms with Gasteiger partial charge in [-0.2, -0.15) is 11.8 Å². The zero-order valence-corrected chi connectivity index (χ0v) is 11.4. The van der Waals surface area contributed by atoms with E-state index >= 15 is 0 Å². The molecular formula is C12H15ClN2O2S. The van der Waals surface area contributed by atoms with Crippen molar-refractivity contribution in [2.24, 2.45) is 0 Å². The first-order valence-electron chi connectivity index (χ1n) is 5.68. The molecule has 1 unspecified atom stereocenters. The van der Waals surface area contributed by atoms with Crippen LogP contribution in [0, 0.1) is 0 Å². The fourth-order valence-corrected chi connectivity index (χ4v) is 3.21. The van der Waals surface area contributed by atoms with Gasteiger partial charge in [-0.3, -0.25) is 0 Å². The van der Waals surface area contributed by atoms with Crippen LogP contribution >= 0.6 is 23.4 Å². The Kier molecular flexibility index (Phi) is 4.37. The number of carbonyl (C=O) groups is 1. The smallest absolute Gasteiger partial charge is 0.319 e. The molecule has 0 spiro atoms. The van der Waals surface area contributed by atoms with E-state index in [2.05, 4.69) is 10.6 Å². The number of hydrogen-bond acceptors (Lipinski definition) is 3. The minimum absolute atomic E-state index is 0.270. The first-order chi connectivity index (χ1) is 8.57. The van der Waals surface area contributed by atoms with E-state index in [0.717, 1.165) is 12.2 Å². The summed E-state index contributed by atoms with van der Waals surface area (Å²) < 4.78 is 0. The molecule has 1 fully saturated rings. The molecule has 1 aromatic carbocycles. The third-order valence-corrected chi connectivity index (χ3v) is 4.21. The van der Waals surface area contributed by atoms with E-state index < -0.39 is 5.60 Å². The van der Waals surface area contributed by atoms with Crippen molar-refractivity contribution in [1.82, 2.24) is 5.32 Å². The number of benzene rings is 1. The lowest BCUT2D eigenvalue weighted by Crippen LogP contribution is -2.44. The number of anilines is 1. The zero-order valence-electron chi connectivity index (χ0n) is 9.78. The second-order valence-electron chi connectivity index (χ2n) is 4.34. The van der Waals surface area contributed by atoms with Crippen molar-refractivity contribution in [3.05, 3.63) is 29.3 Å². The lowest BCUT2D eigenvalue weighted by molar-refractivity contribution is 0.0706. The highest BCUT2D eigenvalue weighted by Gasteiger charge is 2.31. The van der Waals surface area contributed by atoms with E-state index in [1.54, 1.807) is 36.0 Å². The number of halogens is 1. The molecule has 0 radical (unpaired) electrons. The number of hydrogen-bond donors (Lipinski definition) is 3. The molecule has 18 heavy (non-hydrogen) atoms. The van der Waals surface area contributed by atoms with Crippen molar-refractivity contribution >= 4 is 35.1 Å². The first kappa shape index (κ1) is 13.5. The molecule has 1 aromatic rings. The number of amides is 2. The highest BCUT2D eigenvalue weighted by atomic mass is 35.5. The van der Waals surface area contributed by atoms with E-state index in [1.165, 1.54) is 0 Å². The Bertz CT molecular complexity index is 436. The van der Waals surface area contributed by atoms with Crippen molar-refractivity contribution < 1.29 is 9.90 Å². The number of thioether (sulfide) groups is 1. The van der Waals surface area contributed by atoms with Crippen LogP contribution < -0.4 is 10.6 Å². The molecule has 0 aliphatic carbocycles. The van der Waals surface area contributed by atoms with Gasteiger partial charge in [0.05, 0.1) is 5.60 Å². The Morgan fingerprint density at radius 2 is 2.39 bits per heavy atom. The van der Waals surface area contributed by atoms with Gasteiger partial charge in [-0.25, -0.2) is 4.79 Å². The molecule has 2 rings (SSSR count). The van der Waals surface area contributed by atoms with Gasteiger partial charge in [-0.05, 0) is 30.4 Å². The van der Waals surface area contributed by atoms with Gasteiger partial charge in [0.1, 0.15) is 0 Å². The Morgan fingerprint density at radius 3 is 3.06 bits per heavy atom. The van der Waals surface area contributed by atoms with Gasteiger partial charge in [0.25, 0.3) is 0 Å². The van der Waals surface area contributed by atoms with Gasteiger partial charge < -0.3 is 15.7 Å². The summed E-state index contributed by atoms with van der Waals surface area (Å²) in [6.45, 7) is 0.270. The van der Waals surface area contributed by atoms with Gasteiger partial charge in [-0.1, -0.05) is 17.7 Å². The minimum atomic E-state index is -0.768. The lowest BCUT2D eigenvalue weighted by atomic mass is 10.0. The molecule has 0 aromatic heterocycles. The fraction of sp³-hybridized carbons (Fsp3) is 0.417. The van der Waals surface area contributed by atoms with E-state index in [0.29, 0.717) is 16.5 Å². The highest BCUT2D eigenvalue weighted by Crippen LogP contribution is 2.26. The van der Waals surface area contributed by atoms with Gasteiger partial charge in [0.2, 0.25) is 0 Å². The van der Waals surface area contributed by atoms with Crippen LogP contribution in [0.15, 0.2) is 24.3 Å². The third-order valence-electron chi connectivity index (χ3n) is 2.74. The molecule has 1 aliphatic heterocycles. The summed E-state index contributed by atoms with van der Waals surface area (Å²) in [6, 6.07) is 6.59. The molecule has 98 valence electrons. The van der Waals surface area contributed by atoms with Crippen molar-refractivity contribution in [2.45, 2.75) is 12.0 Å². The number of rotatable bonds is 3. The van der Waals surface area contributed by atoms with Gasteiger partial charge in [0.15, 0.2) is 0 Å². The van der Waals surface area contributed by atoms with E-state index in [9.17, 15) is 9.90 Å². The highest BCUT2D eigenvalue weighted by molar-refractivity contribution is 7.99. The summed E-state index contributed by atoms with van der Waals surface area (Å²) in [4.78, 5) is 11.6. The number of carbonyl (C=O) groups excluding carboxylic acids is 1. The fourth-order valence-electron chi connectivity index (χ4n) is 1.72. The van der Waals surface area contributed by atoms with Crippen LogP contribution in [0.4, 0.5) is 10.5 Å². The van der Waals surface area contributed by atoms with Crippen LogP contribution in [0.3, 0.4) is 0 Å². The molecule has 2 amide bonds. The molecular weight excluding hydrogens is 272 g/mol. The Labute approximate surface area is 115 Å². The molecule has 1 aliphatic rings. The maximum absolute atomic E-state index is 11.6. The van der Waals surface area contributed by atoms with Crippen molar-refractivity contribution in [3.8, 4) is 0 Å². The predicted octanol–water partition coefficient (Wildman–Crippen LogP) is 2.33.